The molecule has 1 aliphatic heterocycles. The second-order valence-electron chi connectivity index (χ2n) is 8.24. The monoisotopic (exact) mass is 422 g/mol. The summed E-state index contributed by atoms with van der Waals surface area (Å²) in [6, 6.07) is 0.00199. The van der Waals surface area contributed by atoms with Crippen LogP contribution in [0.2, 0.25) is 0 Å². The van der Waals surface area contributed by atoms with Crippen LogP contribution in [0.3, 0.4) is 0 Å². The van der Waals surface area contributed by atoms with Gasteiger partial charge in [-0.2, -0.15) is 0 Å². The summed E-state index contributed by atoms with van der Waals surface area (Å²) in [5, 5.41) is 12.4. The Morgan fingerprint density at radius 1 is 0.933 bits per heavy atom. The lowest BCUT2D eigenvalue weighted by Crippen LogP contribution is -2.37. The lowest BCUT2D eigenvalue weighted by Gasteiger charge is -2.27. The standard InChI is InChI=1S/C22H38N4O4/c23-25-24-17-11-9-7-5-3-1-2-4-6-8-10-13-19(14-12-15-21(28)29)26-18-16-20(27)22(26)30/h19H,1-18H2,(H,28,29). The van der Waals surface area contributed by atoms with Crippen molar-refractivity contribution >= 4 is 17.7 Å². The zero-order valence-electron chi connectivity index (χ0n) is 18.3. The number of ketones is 1. The van der Waals surface area contributed by atoms with Crippen molar-refractivity contribution in [2.24, 2.45) is 5.11 Å². The molecule has 1 atom stereocenters. The summed E-state index contributed by atoms with van der Waals surface area (Å²) in [6.45, 7) is 1.10. The molecule has 1 heterocycles. The van der Waals surface area contributed by atoms with E-state index in [1.807, 2.05) is 0 Å². The second kappa shape index (κ2) is 16.7. The molecule has 0 saturated carbocycles. The zero-order valence-corrected chi connectivity index (χ0v) is 18.3. The maximum absolute atomic E-state index is 12.0. The first kappa shape index (κ1) is 26.0. The SMILES string of the molecule is [N-]=[N+]=NCCCCCCCCCCCCCC(CCCC(=O)O)N1CCC(=O)C1=O. The van der Waals surface area contributed by atoms with Crippen molar-refractivity contribution in [3.05, 3.63) is 10.4 Å². The van der Waals surface area contributed by atoms with E-state index in [9.17, 15) is 14.4 Å². The number of Topliss-reactive ketones (excluding diaryl/α,β-unsaturated/α-hetero) is 1. The fourth-order valence-corrected chi connectivity index (χ4v) is 4.08. The molecule has 1 saturated heterocycles. The number of carboxylic acid groups (broad SMARTS) is 1. The number of nitrogens with zero attached hydrogens (tertiary/aromatic N) is 4. The van der Waals surface area contributed by atoms with Gasteiger partial charge in [0.25, 0.3) is 5.91 Å². The number of amides is 1. The first-order valence-corrected chi connectivity index (χ1v) is 11.6. The number of aliphatic carboxylic acids is 1. The zero-order chi connectivity index (χ0) is 22.0. The van der Waals surface area contributed by atoms with E-state index in [0.29, 0.717) is 32.4 Å². The van der Waals surface area contributed by atoms with Gasteiger partial charge in [0.2, 0.25) is 5.78 Å². The molecule has 1 fully saturated rings. The molecule has 1 unspecified atom stereocenters. The Morgan fingerprint density at radius 2 is 1.47 bits per heavy atom. The Morgan fingerprint density at radius 3 is 1.97 bits per heavy atom. The predicted octanol–water partition coefficient (Wildman–Crippen LogP) is 5.40. The van der Waals surface area contributed by atoms with Crippen LogP contribution in [0.25, 0.3) is 10.4 Å². The molecule has 0 aromatic carbocycles. The molecule has 0 aliphatic carbocycles. The Labute approximate surface area is 180 Å². The van der Waals surface area contributed by atoms with Crippen molar-refractivity contribution in [1.82, 2.24) is 4.90 Å². The van der Waals surface area contributed by atoms with Crippen LogP contribution in [0.15, 0.2) is 5.11 Å². The summed E-state index contributed by atoms with van der Waals surface area (Å²) in [7, 11) is 0. The molecule has 1 aliphatic rings. The fourth-order valence-electron chi connectivity index (χ4n) is 4.08. The van der Waals surface area contributed by atoms with Gasteiger partial charge in [0.15, 0.2) is 0 Å². The normalized spacial score (nSPS) is 14.7. The van der Waals surface area contributed by atoms with Crippen molar-refractivity contribution in [2.75, 3.05) is 13.1 Å². The summed E-state index contributed by atoms with van der Waals surface area (Å²) >= 11 is 0. The molecular formula is C22H38N4O4. The van der Waals surface area contributed by atoms with E-state index < -0.39 is 5.97 Å². The molecule has 0 aromatic rings. The van der Waals surface area contributed by atoms with Crippen molar-refractivity contribution in [2.45, 2.75) is 109 Å². The third kappa shape index (κ3) is 11.8. The number of rotatable bonds is 19. The summed E-state index contributed by atoms with van der Waals surface area (Å²) in [6.07, 6.45) is 15.4. The van der Waals surface area contributed by atoms with Gasteiger partial charge >= 0.3 is 5.97 Å². The van der Waals surface area contributed by atoms with Crippen LogP contribution in [0.1, 0.15) is 103 Å². The lowest BCUT2D eigenvalue weighted by molar-refractivity contribution is -0.141. The van der Waals surface area contributed by atoms with E-state index in [0.717, 1.165) is 32.1 Å². The van der Waals surface area contributed by atoms with Gasteiger partial charge in [0.05, 0.1) is 0 Å². The Bertz CT molecular complexity index is 575. The number of likely N-dealkylation sites (tertiary alicyclic amines) is 1. The molecule has 170 valence electrons. The molecule has 1 amide bonds. The van der Waals surface area contributed by atoms with E-state index in [4.69, 9.17) is 10.6 Å². The minimum Gasteiger partial charge on any atom is -0.481 e. The number of carbonyl (C=O) groups is 3. The molecule has 0 spiro atoms. The van der Waals surface area contributed by atoms with Crippen molar-refractivity contribution in [3.8, 4) is 0 Å². The molecule has 8 nitrogen and oxygen atoms in total. The van der Waals surface area contributed by atoms with Gasteiger partial charge < -0.3 is 10.0 Å². The number of hydrogen-bond acceptors (Lipinski definition) is 4. The number of carboxylic acids is 1. The number of unbranched alkanes of at least 4 members (excludes halogenated alkanes) is 10. The molecule has 1 N–H and O–H groups in total. The van der Waals surface area contributed by atoms with Crippen LogP contribution in [0.4, 0.5) is 0 Å². The highest BCUT2D eigenvalue weighted by molar-refractivity contribution is 6.37. The maximum Gasteiger partial charge on any atom is 0.303 e. The van der Waals surface area contributed by atoms with Crippen LogP contribution >= 0.6 is 0 Å². The quantitative estimate of drug-likeness (QED) is 0.0983. The van der Waals surface area contributed by atoms with E-state index in [1.54, 1.807) is 4.90 Å². The lowest BCUT2D eigenvalue weighted by atomic mass is 9.99. The molecule has 0 bridgehead atoms. The highest BCUT2D eigenvalue weighted by Crippen LogP contribution is 2.21. The van der Waals surface area contributed by atoms with Gasteiger partial charge in [-0.1, -0.05) is 69.3 Å². The van der Waals surface area contributed by atoms with Gasteiger partial charge in [-0.05, 0) is 31.2 Å². The van der Waals surface area contributed by atoms with Crippen LogP contribution in [0, 0.1) is 0 Å². The van der Waals surface area contributed by atoms with Crippen LogP contribution in [-0.2, 0) is 14.4 Å². The molecule has 1 rings (SSSR count). The first-order chi connectivity index (χ1) is 14.6. The van der Waals surface area contributed by atoms with E-state index >= 15 is 0 Å². The third-order valence-corrected chi connectivity index (χ3v) is 5.81. The summed E-state index contributed by atoms with van der Waals surface area (Å²) in [5.41, 5.74) is 8.20. The highest BCUT2D eigenvalue weighted by Gasteiger charge is 2.33. The van der Waals surface area contributed by atoms with E-state index in [-0.39, 0.29) is 24.2 Å². The van der Waals surface area contributed by atoms with Gasteiger partial charge in [0.1, 0.15) is 0 Å². The minimum absolute atomic E-state index is 0.00199. The van der Waals surface area contributed by atoms with E-state index in [1.165, 1.54) is 44.9 Å². The largest absolute Gasteiger partial charge is 0.481 e. The van der Waals surface area contributed by atoms with Crippen LogP contribution < -0.4 is 0 Å². The summed E-state index contributed by atoms with van der Waals surface area (Å²) in [4.78, 5) is 38.8. The second-order valence-corrected chi connectivity index (χ2v) is 8.24. The van der Waals surface area contributed by atoms with Gasteiger partial charge in [-0.25, -0.2) is 0 Å². The van der Waals surface area contributed by atoms with E-state index in [2.05, 4.69) is 10.0 Å². The highest BCUT2D eigenvalue weighted by atomic mass is 16.4. The smallest absolute Gasteiger partial charge is 0.303 e. The molecule has 0 radical (unpaired) electrons. The first-order valence-electron chi connectivity index (χ1n) is 11.6. The maximum atomic E-state index is 12.0. The molecule has 0 aromatic heterocycles. The Balaban J connectivity index is 2.08. The topological polar surface area (TPSA) is 123 Å². The summed E-state index contributed by atoms with van der Waals surface area (Å²) < 4.78 is 0. The average Bonchev–Trinajstić information content (AvgIpc) is 3.05. The van der Waals surface area contributed by atoms with Gasteiger partial charge in [0, 0.05) is 36.9 Å². The third-order valence-electron chi connectivity index (χ3n) is 5.81. The predicted molar refractivity (Wildman–Crippen MR) is 116 cm³/mol. The minimum atomic E-state index is -0.814. The molecular weight excluding hydrogens is 384 g/mol. The summed E-state index contributed by atoms with van der Waals surface area (Å²) in [5.74, 6) is -1.51. The van der Waals surface area contributed by atoms with Gasteiger partial charge in [-0.3, -0.25) is 14.4 Å². The average molecular weight is 423 g/mol. The number of carbonyl (C=O) groups excluding carboxylic acids is 2. The van der Waals surface area contributed by atoms with Crippen LogP contribution in [0.5, 0.6) is 0 Å². The molecule has 30 heavy (non-hydrogen) atoms. The van der Waals surface area contributed by atoms with Crippen molar-refractivity contribution in [3.63, 3.8) is 0 Å². The Kier molecular flexibility index (Phi) is 14.4. The van der Waals surface area contributed by atoms with Crippen molar-refractivity contribution < 1.29 is 19.5 Å². The number of azide groups is 1. The number of hydrogen-bond donors (Lipinski definition) is 1. The molecule has 8 heteroatoms. The van der Waals surface area contributed by atoms with Gasteiger partial charge in [-0.15, -0.1) is 0 Å². The fraction of sp³-hybridized carbons (Fsp3) is 0.864. The van der Waals surface area contributed by atoms with Crippen molar-refractivity contribution in [1.29, 1.82) is 0 Å². The van der Waals surface area contributed by atoms with Crippen LogP contribution in [-0.4, -0.2) is 46.8 Å². The Hall–Kier alpha value is -2.08.